The van der Waals surface area contributed by atoms with E-state index in [1.165, 1.54) is 0 Å². The summed E-state index contributed by atoms with van der Waals surface area (Å²) in [5.74, 6) is -0.126. The molecule has 20 heavy (non-hydrogen) atoms. The second-order valence-corrected chi connectivity index (χ2v) is 5.57. The van der Waals surface area contributed by atoms with Gasteiger partial charge in [-0.15, -0.1) is 0 Å². The number of aliphatic hydroxyl groups is 1. The van der Waals surface area contributed by atoms with Gasteiger partial charge >= 0.3 is 0 Å². The van der Waals surface area contributed by atoms with Crippen molar-refractivity contribution in [1.82, 2.24) is 5.32 Å². The third-order valence-corrected chi connectivity index (χ3v) is 3.76. The number of hydrogen-bond acceptors (Lipinski definition) is 3. The summed E-state index contributed by atoms with van der Waals surface area (Å²) in [6, 6.07) is 6.61. The summed E-state index contributed by atoms with van der Waals surface area (Å²) in [6.45, 7) is 4.33. The molecule has 1 fully saturated rings. The van der Waals surface area contributed by atoms with E-state index in [-0.39, 0.29) is 24.0 Å². The van der Waals surface area contributed by atoms with Crippen molar-refractivity contribution < 1.29 is 14.6 Å². The first-order valence-electron chi connectivity index (χ1n) is 6.88. The minimum absolute atomic E-state index is 0.0416. The van der Waals surface area contributed by atoms with E-state index in [0.29, 0.717) is 11.6 Å². The summed E-state index contributed by atoms with van der Waals surface area (Å²) in [5, 5.41) is 13.7. The van der Waals surface area contributed by atoms with Crippen molar-refractivity contribution >= 4 is 17.5 Å². The molecule has 0 bridgehead atoms. The fourth-order valence-electron chi connectivity index (χ4n) is 2.20. The number of rotatable bonds is 6. The first-order valence-corrected chi connectivity index (χ1v) is 7.26. The van der Waals surface area contributed by atoms with Gasteiger partial charge in [0.25, 0.3) is 0 Å². The normalized spacial score (nSPS) is 24.0. The van der Waals surface area contributed by atoms with Crippen LogP contribution in [0, 0.1) is 5.92 Å². The summed E-state index contributed by atoms with van der Waals surface area (Å²) in [7, 11) is 0. The van der Waals surface area contributed by atoms with E-state index in [1.807, 2.05) is 6.92 Å². The highest BCUT2D eigenvalue weighted by Crippen LogP contribution is 2.34. The van der Waals surface area contributed by atoms with Gasteiger partial charge in [-0.1, -0.05) is 23.7 Å². The van der Waals surface area contributed by atoms with Crippen LogP contribution >= 0.6 is 11.6 Å². The van der Waals surface area contributed by atoms with E-state index in [4.69, 9.17) is 16.3 Å². The molecule has 1 saturated carbocycles. The molecule has 1 aliphatic rings. The van der Waals surface area contributed by atoms with Crippen LogP contribution in [0.1, 0.15) is 31.9 Å². The van der Waals surface area contributed by atoms with Crippen molar-refractivity contribution in [2.24, 2.45) is 5.92 Å². The summed E-state index contributed by atoms with van der Waals surface area (Å²) >= 11 is 5.81. The molecular weight excluding hydrogens is 278 g/mol. The van der Waals surface area contributed by atoms with Gasteiger partial charge in [0.05, 0.1) is 24.2 Å². The molecule has 1 aliphatic carbocycles. The van der Waals surface area contributed by atoms with E-state index >= 15 is 0 Å². The fraction of sp³-hybridized carbons (Fsp3) is 0.533. The number of amides is 1. The Morgan fingerprint density at radius 1 is 1.50 bits per heavy atom. The highest BCUT2D eigenvalue weighted by atomic mass is 35.5. The molecule has 2 N–H and O–H groups in total. The molecule has 0 aromatic heterocycles. The molecule has 1 aromatic rings. The maximum atomic E-state index is 12.0. The van der Waals surface area contributed by atoms with Gasteiger partial charge in [-0.3, -0.25) is 4.79 Å². The first-order chi connectivity index (χ1) is 9.52. The van der Waals surface area contributed by atoms with Crippen LogP contribution in [0.4, 0.5) is 0 Å². The zero-order valence-electron chi connectivity index (χ0n) is 11.7. The Balaban J connectivity index is 1.86. The van der Waals surface area contributed by atoms with Crippen molar-refractivity contribution in [3.05, 3.63) is 34.9 Å². The van der Waals surface area contributed by atoms with Crippen LogP contribution in [-0.2, 0) is 9.53 Å². The standard InChI is InChI=1S/C15H20ClNO3/c1-3-20-13-8-12(13)15(19)17-9(2)14(18)10-4-6-11(16)7-5-10/h4-7,9,12-14,18H,3,8H2,1-2H3,(H,17,19). The van der Waals surface area contributed by atoms with Crippen LogP contribution in [0.2, 0.25) is 5.02 Å². The Morgan fingerprint density at radius 3 is 2.75 bits per heavy atom. The number of hydrogen-bond donors (Lipinski definition) is 2. The molecule has 4 nitrogen and oxygen atoms in total. The van der Waals surface area contributed by atoms with Crippen LogP contribution < -0.4 is 5.32 Å². The molecule has 0 radical (unpaired) electrons. The minimum atomic E-state index is -0.750. The second kappa shape index (κ2) is 6.57. The quantitative estimate of drug-likeness (QED) is 0.847. The van der Waals surface area contributed by atoms with Gasteiger partial charge in [0, 0.05) is 11.6 Å². The van der Waals surface area contributed by atoms with Gasteiger partial charge in [-0.25, -0.2) is 0 Å². The topological polar surface area (TPSA) is 58.6 Å². The first kappa shape index (κ1) is 15.3. The number of halogens is 1. The molecule has 0 spiro atoms. The van der Waals surface area contributed by atoms with E-state index in [0.717, 1.165) is 12.0 Å². The smallest absolute Gasteiger partial charge is 0.226 e. The number of benzene rings is 1. The van der Waals surface area contributed by atoms with E-state index < -0.39 is 6.10 Å². The number of nitrogens with one attached hydrogen (secondary N) is 1. The van der Waals surface area contributed by atoms with Crippen molar-refractivity contribution in [2.75, 3.05) is 6.61 Å². The van der Waals surface area contributed by atoms with Crippen LogP contribution in [0.25, 0.3) is 0 Å². The largest absolute Gasteiger partial charge is 0.386 e. The van der Waals surface area contributed by atoms with Crippen molar-refractivity contribution in [3.63, 3.8) is 0 Å². The average molecular weight is 298 g/mol. The molecule has 0 aliphatic heterocycles. The van der Waals surface area contributed by atoms with E-state index in [2.05, 4.69) is 5.32 Å². The predicted molar refractivity (Wildman–Crippen MR) is 77.5 cm³/mol. The van der Waals surface area contributed by atoms with Crippen LogP contribution in [0.3, 0.4) is 0 Å². The summed E-state index contributed by atoms with van der Waals surface area (Å²) in [6.07, 6.45) is 0.0593. The molecule has 2 rings (SSSR count). The zero-order valence-corrected chi connectivity index (χ0v) is 12.4. The van der Waals surface area contributed by atoms with Crippen LogP contribution in [0.5, 0.6) is 0 Å². The Bertz CT molecular complexity index is 463. The lowest BCUT2D eigenvalue weighted by atomic mass is 10.0. The van der Waals surface area contributed by atoms with Crippen molar-refractivity contribution in [1.29, 1.82) is 0 Å². The summed E-state index contributed by atoms with van der Waals surface area (Å²) < 4.78 is 5.39. The highest BCUT2D eigenvalue weighted by Gasteiger charge is 2.44. The Kier molecular flexibility index (Phi) is 5.02. The van der Waals surface area contributed by atoms with Gasteiger partial charge in [0.1, 0.15) is 0 Å². The SMILES string of the molecule is CCOC1CC1C(=O)NC(C)C(O)c1ccc(Cl)cc1. The predicted octanol–water partition coefficient (Wildman–Crippen LogP) is 2.30. The maximum absolute atomic E-state index is 12.0. The van der Waals surface area contributed by atoms with Crippen LogP contribution in [0.15, 0.2) is 24.3 Å². The molecule has 4 unspecified atom stereocenters. The third kappa shape index (κ3) is 3.72. The molecule has 0 heterocycles. The maximum Gasteiger partial charge on any atom is 0.226 e. The number of aliphatic hydroxyl groups excluding tert-OH is 1. The Hall–Kier alpha value is -1.10. The van der Waals surface area contributed by atoms with Gasteiger partial charge in [0.15, 0.2) is 0 Å². The molecule has 4 atom stereocenters. The second-order valence-electron chi connectivity index (χ2n) is 5.13. The monoisotopic (exact) mass is 297 g/mol. The molecule has 1 amide bonds. The van der Waals surface area contributed by atoms with E-state index in [9.17, 15) is 9.90 Å². The minimum Gasteiger partial charge on any atom is -0.386 e. The lowest BCUT2D eigenvalue weighted by Gasteiger charge is -2.20. The molecule has 0 saturated heterocycles. The Morgan fingerprint density at radius 2 is 2.15 bits per heavy atom. The van der Waals surface area contributed by atoms with Gasteiger partial charge in [0.2, 0.25) is 5.91 Å². The van der Waals surface area contributed by atoms with Gasteiger partial charge < -0.3 is 15.2 Å². The summed E-state index contributed by atoms with van der Waals surface area (Å²) in [4.78, 5) is 12.0. The average Bonchev–Trinajstić information content (AvgIpc) is 3.18. The molecular formula is C15H20ClNO3. The molecule has 110 valence electrons. The molecule has 5 heteroatoms. The number of ether oxygens (including phenoxy) is 1. The van der Waals surface area contributed by atoms with E-state index in [1.54, 1.807) is 31.2 Å². The third-order valence-electron chi connectivity index (χ3n) is 3.50. The fourth-order valence-corrected chi connectivity index (χ4v) is 2.33. The van der Waals surface area contributed by atoms with Crippen molar-refractivity contribution in [3.8, 4) is 0 Å². The Labute approximate surface area is 124 Å². The summed E-state index contributed by atoms with van der Waals surface area (Å²) in [5.41, 5.74) is 0.736. The van der Waals surface area contributed by atoms with Gasteiger partial charge in [-0.2, -0.15) is 0 Å². The number of carbonyl (C=O) groups excluding carboxylic acids is 1. The van der Waals surface area contributed by atoms with Crippen molar-refractivity contribution in [2.45, 2.75) is 38.5 Å². The van der Waals surface area contributed by atoms with Crippen LogP contribution in [-0.4, -0.2) is 29.8 Å². The lowest BCUT2D eigenvalue weighted by Crippen LogP contribution is -2.38. The lowest BCUT2D eigenvalue weighted by molar-refractivity contribution is -0.124. The molecule has 1 aromatic carbocycles. The zero-order chi connectivity index (χ0) is 14.7. The number of carbonyl (C=O) groups is 1. The highest BCUT2D eigenvalue weighted by molar-refractivity contribution is 6.30. The van der Waals surface area contributed by atoms with Gasteiger partial charge in [-0.05, 0) is 38.0 Å².